The van der Waals surface area contributed by atoms with Crippen LogP contribution in [-0.4, -0.2) is 16.2 Å². The molecule has 11 heavy (non-hydrogen) atoms. The van der Waals surface area contributed by atoms with E-state index in [0.717, 1.165) is 6.42 Å². The smallest absolute Gasteiger partial charge is 0.0553 e. The van der Waals surface area contributed by atoms with Crippen LogP contribution in [0.3, 0.4) is 0 Å². The van der Waals surface area contributed by atoms with E-state index in [9.17, 15) is 0 Å². The molecule has 2 nitrogen and oxygen atoms in total. The van der Waals surface area contributed by atoms with Crippen molar-refractivity contribution in [3.8, 4) is 0 Å². The number of aliphatic hydroxyl groups excluding tert-OH is 1. The lowest BCUT2D eigenvalue weighted by Crippen LogP contribution is -2.05. The van der Waals surface area contributed by atoms with Gasteiger partial charge in [0.25, 0.3) is 0 Å². The molecular weight excluding hydrogens is 138 g/mol. The molecule has 0 saturated carbocycles. The SMILES string of the molecule is Cc1c[nH]c(C)c1C[C@@H](C)O. The number of aromatic amines is 1. The molecule has 1 heterocycles. The monoisotopic (exact) mass is 153 g/mol. The number of rotatable bonds is 2. The zero-order valence-electron chi connectivity index (χ0n) is 7.31. The van der Waals surface area contributed by atoms with Crippen LogP contribution in [0.25, 0.3) is 0 Å². The van der Waals surface area contributed by atoms with E-state index >= 15 is 0 Å². The van der Waals surface area contributed by atoms with Crippen molar-refractivity contribution in [2.75, 3.05) is 0 Å². The molecule has 0 unspecified atom stereocenters. The third kappa shape index (κ3) is 1.84. The highest BCUT2D eigenvalue weighted by Gasteiger charge is 2.06. The average Bonchev–Trinajstić information content (AvgIpc) is 2.18. The number of H-pyrrole nitrogens is 1. The Kier molecular flexibility index (Phi) is 2.35. The fraction of sp³-hybridized carbons (Fsp3) is 0.556. The first-order valence-electron chi connectivity index (χ1n) is 3.92. The van der Waals surface area contributed by atoms with Crippen LogP contribution in [0.15, 0.2) is 6.20 Å². The number of aromatic nitrogens is 1. The van der Waals surface area contributed by atoms with Crippen molar-refractivity contribution in [3.63, 3.8) is 0 Å². The number of nitrogens with one attached hydrogen (secondary N) is 1. The minimum atomic E-state index is -0.247. The molecule has 2 heteroatoms. The summed E-state index contributed by atoms with van der Waals surface area (Å²) in [6, 6.07) is 0. The third-order valence-electron chi connectivity index (χ3n) is 1.93. The topological polar surface area (TPSA) is 36.0 Å². The fourth-order valence-electron chi connectivity index (χ4n) is 1.30. The Bertz CT molecular complexity index is 218. The molecule has 0 amide bonds. The number of hydrogen-bond donors (Lipinski definition) is 2. The first-order chi connectivity index (χ1) is 5.11. The summed E-state index contributed by atoms with van der Waals surface area (Å²) in [5.41, 5.74) is 3.66. The maximum absolute atomic E-state index is 9.16. The van der Waals surface area contributed by atoms with Gasteiger partial charge in [0, 0.05) is 18.3 Å². The summed E-state index contributed by atoms with van der Waals surface area (Å²) in [4.78, 5) is 3.13. The molecule has 0 aliphatic rings. The molecule has 62 valence electrons. The van der Waals surface area contributed by atoms with Gasteiger partial charge in [0.05, 0.1) is 6.10 Å². The summed E-state index contributed by atoms with van der Waals surface area (Å²) in [6.45, 7) is 5.90. The van der Waals surface area contributed by atoms with Gasteiger partial charge in [0.15, 0.2) is 0 Å². The van der Waals surface area contributed by atoms with E-state index in [1.807, 2.05) is 20.0 Å². The first kappa shape index (κ1) is 8.34. The van der Waals surface area contributed by atoms with Gasteiger partial charge in [0.1, 0.15) is 0 Å². The second kappa shape index (κ2) is 3.09. The van der Waals surface area contributed by atoms with Crippen LogP contribution in [0.2, 0.25) is 0 Å². The molecule has 0 aliphatic carbocycles. The average molecular weight is 153 g/mol. The maximum Gasteiger partial charge on any atom is 0.0553 e. The van der Waals surface area contributed by atoms with Crippen molar-refractivity contribution in [2.45, 2.75) is 33.3 Å². The van der Waals surface area contributed by atoms with E-state index in [1.165, 1.54) is 16.8 Å². The van der Waals surface area contributed by atoms with Crippen LogP contribution in [0.1, 0.15) is 23.7 Å². The lowest BCUT2D eigenvalue weighted by molar-refractivity contribution is 0.195. The Morgan fingerprint density at radius 3 is 2.55 bits per heavy atom. The zero-order valence-corrected chi connectivity index (χ0v) is 7.31. The zero-order chi connectivity index (χ0) is 8.43. The van der Waals surface area contributed by atoms with Crippen LogP contribution < -0.4 is 0 Å². The molecule has 0 aliphatic heterocycles. The minimum Gasteiger partial charge on any atom is -0.393 e. The van der Waals surface area contributed by atoms with Gasteiger partial charge < -0.3 is 10.1 Å². The van der Waals surface area contributed by atoms with Gasteiger partial charge in [0.2, 0.25) is 0 Å². The van der Waals surface area contributed by atoms with Gasteiger partial charge in [-0.25, -0.2) is 0 Å². The number of aryl methyl sites for hydroxylation is 2. The van der Waals surface area contributed by atoms with Gasteiger partial charge in [-0.05, 0) is 31.9 Å². The normalized spacial score (nSPS) is 13.5. The molecule has 0 fully saturated rings. The quantitative estimate of drug-likeness (QED) is 0.664. The van der Waals surface area contributed by atoms with E-state index in [0.29, 0.717) is 0 Å². The standard InChI is InChI=1S/C9H15NO/c1-6-5-10-8(3)9(6)4-7(2)11/h5,7,10-11H,4H2,1-3H3/t7-/m1/s1. The van der Waals surface area contributed by atoms with E-state index in [2.05, 4.69) is 11.9 Å². The molecule has 1 atom stereocenters. The molecule has 1 aromatic rings. The fourth-order valence-corrected chi connectivity index (χ4v) is 1.30. The Morgan fingerprint density at radius 1 is 1.55 bits per heavy atom. The van der Waals surface area contributed by atoms with Crippen molar-refractivity contribution < 1.29 is 5.11 Å². The Labute approximate surface area is 67.3 Å². The van der Waals surface area contributed by atoms with Gasteiger partial charge in [-0.2, -0.15) is 0 Å². The summed E-state index contributed by atoms with van der Waals surface area (Å²) >= 11 is 0. The molecule has 1 aromatic heterocycles. The van der Waals surface area contributed by atoms with Crippen LogP contribution in [-0.2, 0) is 6.42 Å². The predicted octanol–water partition coefficient (Wildman–Crippen LogP) is 1.55. The van der Waals surface area contributed by atoms with Crippen molar-refractivity contribution in [1.82, 2.24) is 4.98 Å². The molecule has 0 saturated heterocycles. The molecular formula is C9H15NO. The van der Waals surface area contributed by atoms with Crippen molar-refractivity contribution in [3.05, 3.63) is 23.0 Å². The summed E-state index contributed by atoms with van der Waals surface area (Å²) in [7, 11) is 0. The molecule has 1 rings (SSSR count). The second-order valence-electron chi connectivity index (χ2n) is 3.13. The number of hydrogen-bond acceptors (Lipinski definition) is 1. The van der Waals surface area contributed by atoms with E-state index in [4.69, 9.17) is 5.11 Å². The van der Waals surface area contributed by atoms with Crippen LogP contribution in [0.5, 0.6) is 0 Å². The van der Waals surface area contributed by atoms with Crippen LogP contribution >= 0.6 is 0 Å². The van der Waals surface area contributed by atoms with Crippen LogP contribution in [0, 0.1) is 13.8 Å². The second-order valence-corrected chi connectivity index (χ2v) is 3.13. The maximum atomic E-state index is 9.16. The third-order valence-corrected chi connectivity index (χ3v) is 1.93. The molecule has 2 N–H and O–H groups in total. The van der Waals surface area contributed by atoms with Crippen LogP contribution in [0.4, 0.5) is 0 Å². The summed E-state index contributed by atoms with van der Waals surface area (Å²) in [6.07, 6.45) is 2.48. The van der Waals surface area contributed by atoms with E-state index < -0.39 is 0 Å². The highest BCUT2D eigenvalue weighted by molar-refractivity contribution is 5.29. The van der Waals surface area contributed by atoms with Gasteiger partial charge in [-0.1, -0.05) is 0 Å². The first-order valence-corrected chi connectivity index (χ1v) is 3.92. The Hall–Kier alpha value is -0.760. The summed E-state index contributed by atoms with van der Waals surface area (Å²) in [5.74, 6) is 0. The Morgan fingerprint density at radius 2 is 2.18 bits per heavy atom. The molecule has 0 aromatic carbocycles. The lowest BCUT2D eigenvalue weighted by atomic mass is 10.1. The van der Waals surface area contributed by atoms with Gasteiger partial charge in [-0.15, -0.1) is 0 Å². The molecule has 0 spiro atoms. The highest BCUT2D eigenvalue weighted by atomic mass is 16.3. The van der Waals surface area contributed by atoms with Crippen molar-refractivity contribution >= 4 is 0 Å². The highest BCUT2D eigenvalue weighted by Crippen LogP contribution is 2.13. The van der Waals surface area contributed by atoms with Gasteiger partial charge >= 0.3 is 0 Å². The minimum absolute atomic E-state index is 0.247. The van der Waals surface area contributed by atoms with E-state index in [1.54, 1.807) is 0 Å². The summed E-state index contributed by atoms with van der Waals surface area (Å²) < 4.78 is 0. The van der Waals surface area contributed by atoms with Crippen molar-refractivity contribution in [2.24, 2.45) is 0 Å². The largest absolute Gasteiger partial charge is 0.393 e. The van der Waals surface area contributed by atoms with E-state index in [-0.39, 0.29) is 6.10 Å². The molecule has 0 bridgehead atoms. The van der Waals surface area contributed by atoms with Crippen molar-refractivity contribution in [1.29, 1.82) is 0 Å². The van der Waals surface area contributed by atoms with Gasteiger partial charge in [-0.3, -0.25) is 0 Å². The number of aliphatic hydroxyl groups is 1. The Balaban J connectivity index is 2.83. The molecule has 0 radical (unpaired) electrons. The summed E-state index contributed by atoms with van der Waals surface area (Å²) in [5, 5.41) is 9.16. The predicted molar refractivity (Wildman–Crippen MR) is 45.7 cm³/mol. The lowest BCUT2D eigenvalue weighted by Gasteiger charge is -2.04.